The zero-order valence-electron chi connectivity index (χ0n) is 15.5. The smallest absolute Gasteiger partial charge is 0.292 e. The lowest BCUT2D eigenvalue weighted by Crippen LogP contribution is -2.49. The van der Waals surface area contributed by atoms with Crippen LogP contribution in [-0.2, 0) is 0 Å². The summed E-state index contributed by atoms with van der Waals surface area (Å²) in [5.41, 5.74) is 1.73. The molecule has 2 amide bonds. The van der Waals surface area contributed by atoms with E-state index in [9.17, 15) is 14.0 Å². The largest absolute Gasteiger partial charge is 0.368 e. The van der Waals surface area contributed by atoms with Crippen molar-refractivity contribution in [3.63, 3.8) is 0 Å². The minimum absolute atomic E-state index is 0.104. The molecule has 8 nitrogen and oxygen atoms in total. The van der Waals surface area contributed by atoms with Gasteiger partial charge in [-0.15, -0.1) is 0 Å². The van der Waals surface area contributed by atoms with E-state index >= 15 is 0 Å². The number of anilines is 2. The highest BCUT2D eigenvalue weighted by atomic mass is 19.1. The van der Waals surface area contributed by atoms with Crippen LogP contribution >= 0.6 is 0 Å². The fourth-order valence-corrected chi connectivity index (χ4v) is 3.23. The highest BCUT2D eigenvalue weighted by Crippen LogP contribution is 2.21. The summed E-state index contributed by atoms with van der Waals surface area (Å²) in [6, 6.07) is 13.5. The summed E-state index contributed by atoms with van der Waals surface area (Å²) in [5.74, 6) is -1.00. The Hall–Kier alpha value is -3.75. The first-order valence-corrected chi connectivity index (χ1v) is 9.17. The number of halogens is 1. The summed E-state index contributed by atoms with van der Waals surface area (Å²) in [7, 11) is 0. The van der Waals surface area contributed by atoms with Crippen molar-refractivity contribution in [3.8, 4) is 0 Å². The molecule has 2 N–H and O–H groups in total. The summed E-state index contributed by atoms with van der Waals surface area (Å²) in [4.78, 5) is 32.1. The van der Waals surface area contributed by atoms with Crippen LogP contribution in [0.15, 0.2) is 54.9 Å². The number of carbonyl (C=O) groups is 2. The average molecular weight is 394 g/mol. The van der Waals surface area contributed by atoms with Crippen LogP contribution in [-0.4, -0.2) is 58.1 Å². The number of nitrogens with zero attached hydrogens (tertiary/aromatic N) is 4. The number of rotatable bonds is 4. The van der Waals surface area contributed by atoms with E-state index in [1.165, 1.54) is 18.5 Å². The summed E-state index contributed by atoms with van der Waals surface area (Å²) in [6.07, 6.45) is 1.27. The number of aromatic nitrogens is 3. The minimum Gasteiger partial charge on any atom is -0.368 e. The fraction of sp³-hybridized carbons (Fsp3) is 0.200. The zero-order chi connectivity index (χ0) is 20.2. The van der Waals surface area contributed by atoms with Crippen LogP contribution in [0.3, 0.4) is 0 Å². The molecule has 3 aromatic rings. The molecule has 9 heteroatoms. The van der Waals surface area contributed by atoms with Crippen LogP contribution in [0, 0.1) is 5.82 Å². The van der Waals surface area contributed by atoms with E-state index in [4.69, 9.17) is 0 Å². The number of benzene rings is 2. The highest BCUT2D eigenvalue weighted by molar-refractivity contribution is 6.01. The Kier molecular flexibility index (Phi) is 5.19. The molecular formula is C20H19FN6O2. The summed E-state index contributed by atoms with van der Waals surface area (Å²) in [6.45, 7) is 2.31. The number of H-pyrrole nitrogens is 1. The Bertz CT molecular complexity index is 998. The molecular weight excluding hydrogens is 375 g/mol. The second kappa shape index (κ2) is 8.09. The van der Waals surface area contributed by atoms with Gasteiger partial charge in [0.15, 0.2) is 0 Å². The van der Waals surface area contributed by atoms with Crippen molar-refractivity contribution in [2.45, 2.75) is 0 Å². The number of piperazine rings is 1. The van der Waals surface area contributed by atoms with E-state index in [-0.39, 0.29) is 23.2 Å². The van der Waals surface area contributed by atoms with Gasteiger partial charge in [0.2, 0.25) is 5.82 Å². The maximum Gasteiger partial charge on any atom is 0.292 e. The first kappa shape index (κ1) is 18.6. The number of hydrogen-bond donors (Lipinski definition) is 2. The van der Waals surface area contributed by atoms with Gasteiger partial charge in [-0.25, -0.2) is 9.37 Å². The van der Waals surface area contributed by atoms with Gasteiger partial charge in [0.25, 0.3) is 11.8 Å². The Morgan fingerprint density at radius 1 is 1.00 bits per heavy atom. The zero-order valence-corrected chi connectivity index (χ0v) is 15.5. The molecule has 1 saturated heterocycles. The third kappa shape index (κ3) is 4.08. The molecule has 0 unspecified atom stereocenters. The second-order valence-corrected chi connectivity index (χ2v) is 6.59. The van der Waals surface area contributed by atoms with Crippen molar-refractivity contribution in [1.29, 1.82) is 0 Å². The normalized spacial score (nSPS) is 14.0. The predicted octanol–water partition coefficient (Wildman–Crippen LogP) is 2.16. The molecule has 0 aliphatic carbocycles. The van der Waals surface area contributed by atoms with Crippen molar-refractivity contribution in [2.75, 3.05) is 36.4 Å². The summed E-state index contributed by atoms with van der Waals surface area (Å²) < 4.78 is 13.9. The Labute approximate surface area is 166 Å². The van der Waals surface area contributed by atoms with Gasteiger partial charge in [0.1, 0.15) is 12.1 Å². The molecule has 0 atom stereocenters. The maximum absolute atomic E-state index is 13.9. The van der Waals surface area contributed by atoms with Gasteiger partial charge in [0, 0.05) is 37.6 Å². The van der Waals surface area contributed by atoms with Crippen molar-refractivity contribution >= 4 is 23.2 Å². The molecule has 0 radical (unpaired) electrons. The van der Waals surface area contributed by atoms with Crippen molar-refractivity contribution in [1.82, 2.24) is 20.1 Å². The van der Waals surface area contributed by atoms with Crippen LogP contribution in [0.4, 0.5) is 15.8 Å². The molecule has 0 spiro atoms. The lowest BCUT2D eigenvalue weighted by molar-refractivity contribution is 0.0742. The van der Waals surface area contributed by atoms with E-state index in [2.05, 4.69) is 25.4 Å². The van der Waals surface area contributed by atoms with Crippen LogP contribution in [0.25, 0.3) is 0 Å². The maximum atomic E-state index is 13.9. The van der Waals surface area contributed by atoms with E-state index in [1.54, 1.807) is 29.2 Å². The molecule has 148 valence electrons. The quantitative estimate of drug-likeness (QED) is 0.707. The number of amides is 2. The lowest BCUT2D eigenvalue weighted by Gasteiger charge is -2.36. The molecule has 1 fully saturated rings. The first-order valence-electron chi connectivity index (χ1n) is 9.17. The summed E-state index contributed by atoms with van der Waals surface area (Å²) >= 11 is 0. The Morgan fingerprint density at radius 2 is 1.72 bits per heavy atom. The molecule has 29 heavy (non-hydrogen) atoms. The standard InChI is InChI=1S/C20H19FN6O2/c21-17-4-2-1-3-16(17)20(29)27-11-9-26(10-12-27)15-7-5-14(6-8-15)24-19(28)18-22-13-23-25-18/h1-8,13H,9-12H2,(H,24,28)(H,22,23,25). The van der Waals surface area contributed by atoms with Gasteiger partial charge in [-0.05, 0) is 36.4 Å². The van der Waals surface area contributed by atoms with Crippen LogP contribution < -0.4 is 10.2 Å². The predicted molar refractivity (Wildman–Crippen MR) is 105 cm³/mol. The van der Waals surface area contributed by atoms with Crippen LogP contribution in [0.1, 0.15) is 21.0 Å². The molecule has 1 aromatic heterocycles. The fourth-order valence-electron chi connectivity index (χ4n) is 3.23. The first-order chi connectivity index (χ1) is 14.1. The Balaban J connectivity index is 1.34. The number of nitrogens with one attached hydrogen (secondary N) is 2. The lowest BCUT2D eigenvalue weighted by atomic mass is 10.1. The number of hydrogen-bond acceptors (Lipinski definition) is 5. The minimum atomic E-state index is -0.497. The third-order valence-electron chi connectivity index (χ3n) is 4.79. The highest BCUT2D eigenvalue weighted by Gasteiger charge is 2.24. The van der Waals surface area contributed by atoms with Gasteiger partial charge < -0.3 is 15.1 Å². The Morgan fingerprint density at radius 3 is 2.38 bits per heavy atom. The molecule has 0 bridgehead atoms. The van der Waals surface area contributed by atoms with Crippen molar-refractivity contribution in [3.05, 3.63) is 72.1 Å². The molecule has 2 heterocycles. The third-order valence-corrected chi connectivity index (χ3v) is 4.79. The number of carbonyl (C=O) groups excluding carboxylic acids is 2. The monoisotopic (exact) mass is 394 g/mol. The van der Waals surface area contributed by atoms with Crippen LogP contribution in [0.5, 0.6) is 0 Å². The van der Waals surface area contributed by atoms with Crippen molar-refractivity contribution in [2.24, 2.45) is 0 Å². The van der Waals surface area contributed by atoms with Gasteiger partial charge in [-0.2, -0.15) is 5.10 Å². The van der Waals surface area contributed by atoms with E-state index in [1.807, 2.05) is 12.1 Å². The number of aromatic amines is 1. The van der Waals surface area contributed by atoms with E-state index in [0.717, 1.165) is 5.69 Å². The molecule has 0 saturated carbocycles. The van der Waals surface area contributed by atoms with Gasteiger partial charge in [0.05, 0.1) is 5.56 Å². The van der Waals surface area contributed by atoms with Gasteiger partial charge in [-0.3, -0.25) is 14.7 Å². The van der Waals surface area contributed by atoms with E-state index in [0.29, 0.717) is 31.9 Å². The second-order valence-electron chi connectivity index (χ2n) is 6.59. The topological polar surface area (TPSA) is 94.2 Å². The van der Waals surface area contributed by atoms with Gasteiger partial charge >= 0.3 is 0 Å². The van der Waals surface area contributed by atoms with Gasteiger partial charge in [-0.1, -0.05) is 12.1 Å². The molecule has 1 aliphatic heterocycles. The van der Waals surface area contributed by atoms with E-state index < -0.39 is 5.82 Å². The SMILES string of the molecule is O=C(Nc1ccc(N2CCN(C(=O)c3ccccc3F)CC2)cc1)c1ncn[nH]1. The molecule has 2 aromatic carbocycles. The molecule has 1 aliphatic rings. The molecule has 4 rings (SSSR count). The van der Waals surface area contributed by atoms with Crippen molar-refractivity contribution < 1.29 is 14.0 Å². The van der Waals surface area contributed by atoms with Crippen LogP contribution in [0.2, 0.25) is 0 Å². The summed E-state index contributed by atoms with van der Waals surface area (Å²) in [5, 5.41) is 8.90. The average Bonchev–Trinajstić information content (AvgIpc) is 3.30.